The Morgan fingerprint density at radius 1 is 1.16 bits per heavy atom. The molecule has 2 atom stereocenters. The summed E-state index contributed by atoms with van der Waals surface area (Å²) in [5.41, 5.74) is 1.41. The summed E-state index contributed by atoms with van der Waals surface area (Å²) in [5, 5.41) is 6.32. The standard InChI is InChI=1S/C14H16FIN2O/c15-9-6-12-13(7-10(9)16)18-14(19)8-4-2-1-3-5-11(8)17-12/h6-8,11,17H,1-5H2,(H,18,19). The monoisotopic (exact) mass is 374 g/mol. The van der Waals surface area contributed by atoms with E-state index >= 15 is 0 Å². The average Bonchev–Trinajstić information content (AvgIpc) is 2.65. The van der Waals surface area contributed by atoms with Crippen LogP contribution in [0.5, 0.6) is 0 Å². The molecule has 1 aromatic carbocycles. The van der Waals surface area contributed by atoms with Crippen LogP contribution in [-0.2, 0) is 4.79 Å². The number of anilines is 2. The number of amides is 1. The van der Waals surface area contributed by atoms with Crippen LogP contribution < -0.4 is 10.6 Å². The number of fused-ring (bicyclic) bond motifs is 2. The van der Waals surface area contributed by atoms with Crippen molar-refractivity contribution in [2.24, 2.45) is 5.92 Å². The van der Waals surface area contributed by atoms with Crippen molar-refractivity contribution in [3.05, 3.63) is 21.5 Å². The first kappa shape index (κ1) is 13.1. The van der Waals surface area contributed by atoms with E-state index in [1.807, 2.05) is 22.6 Å². The summed E-state index contributed by atoms with van der Waals surface area (Å²) >= 11 is 1.94. The van der Waals surface area contributed by atoms with E-state index in [1.165, 1.54) is 12.5 Å². The topological polar surface area (TPSA) is 41.1 Å². The summed E-state index contributed by atoms with van der Waals surface area (Å²) in [5.74, 6) is -0.177. The van der Waals surface area contributed by atoms with E-state index in [1.54, 1.807) is 6.07 Å². The summed E-state index contributed by atoms with van der Waals surface area (Å²) in [6.45, 7) is 0. The van der Waals surface area contributed by atoms with Crippen LogP contribution in [0.2, 0.25) is 0 Å². The zero-order valence-corrected chi connectivity index (χ0v) is 12.7. The van der Waals surface area contributed by atoms with Crippen molar-refractivity contribution in [2.75, 3.05) is 10.6 Å². The summed E-state index contributed by atoms with van der Waals surface area (Å²) in [7, 11) is 0. The number of halogens is 2. The quantitative estimate of drug-likeness (QED) is 0.680. The Morgan fingerprint density at radius 2 is 1.95 bits per heavy atom. The fraction of sp³-hybridized carbons (Fsp3) is 0.500. The maximum atomic E-state index is 13.7. The van der Waals surface area contributed by atoms with Gasteiger partial charge in [0.2, 0.25) is 5.91 Å². The van der Waals surface area contributed by atoms with Gasteiger partial charge in [-0.05, 0) is 41.5 Å². The number of hydrogen-bond donors (Lipinski definition) is 2. The Balaban J connectivity index is 1.98. The van der Waals surface area contributed by atoms with E-state index in [2.05, 4.69) is 10.6 Å². The zero-order chi connectivity index (χ0) is 13.4. The van der Waals surface area contributed by atoms with Crippen LogP contribution in [0, 0.1) is 15.3 Å². The molecule has 5 heteroatoms. The van der Waals surface area contributed by atoms with Gasteiger partial charge < -0.3 is 10.6 Å². The Kier molecular flexibility index (Phi) is 3.64. The van der Waals surface area contributed by atoms with E-state index < -0.39 is 0 Å². The lowest BCUT2D eigenvalue weighted by Gasteiger charge is -2.22. The van der Waals surface area contributed by atoms with E-state index in [0.29, 0.717) is 14.9 Å². The van der Waals surface area contributed by atoms with Crippen LogP contribution in [0.15, 0.2) is 12.1 Å². The minimum atomic E-state index is -0.242. The normalized spacial score (nSPS) is 26.3. The molecule has 0 aromatic heterocycles. The van der Waals surface area contributed by atoms with Crippen LogP contribution >= 0.6 is 22.6 Å². The first-order chi connectivity index (χ1) is 9.15. The molecule has 1 saturated carbocycles. The first-order valence-corrected chi connectivity index (χ1v) is 7.79. The van der Waals surface area contributed by atoms with Crippen molar-refractivity contribution in [1.82, 2.24) is 0 Å². The highest BCUT2D eigenvalue weighted by Gasteiger charge is 2.33. The number of rotatable bonds is 0. The van der Waals surface area contributed by atoms with Gasteiger partial charge in [0.1, 0.15) is 5.82 Å². The Bertz CT molecular complexity index is 520. The van der Waals surface area contributed by atoms with Gasteiger partial charge in [0.15, 0.2) is 0 Å². The second kappa shape index (κ2) is 5.26. The maximum Gasteiger partial charge on any atom is 0.229 e. The third-order valence-electron chi connectivity index (χ3n) is 4.01. The number of hydrogen-bond acceptors (Lipinski definition) is 2. The molecule has 2 unspecified atom stereocenters. The lowest BCUT2D eigenvalue weighted by Crippen LogP contribution is -2.34. The minimum Gasteiger partial charge on any atom is -0.380 e. The van der Waals surface area contributed by atoms with Gasteiger partial charge in [-0.25, -0.2) is 4.39 Å². The fourth-order valence-electron chi connectivity index (χ4n) is 2.99. The average molecular weight is 374 g/mol. The Hall–Kier alpha value is -0.850. The Morgan fingerprint density at radius 3 is 2.79 bits per heavy atom. The number of carbonyl (C=O) groups excluding carboxylic acids is 1. The first-order valence-electron chi connectivity index (χ1n) is 6.71. The van der Waals surface area contributed by atoms with Crippen molar-refractivity contribution in [1.29, 1.82) is 0 Å². The smallest absolute Gasteiger partial charge is 0.229 e. The largest absolute Gasteiger partial charge is 0.380 e. The van der Waals surface area contributed by atoms with Gasteiger partial charge in [-0.15, -0.1) is 0 Å². The highest BCUT2D eigenvalue weighted by atomic mass is 127. The third-order valence-corrected chi connectivity index (χ3v) is 4.84. The van der Waals surface area contributed by atoms with Gasteiger partial charge in [-0.1, -0.05) is 19.3 Å². The van der Waals surface area contributed by atoms with Gasteiger partial charge in [0, 0.05) is 12.1 Å². The highest BCUT2D eigenvalue weighted by Crippen LogP contribution is 2.35. The van der Waals surface area contributed by atoms with Crippen LogP contribution in [0.3, 0.4) is 0 Å². The summed E-state index contributed by atoms with van der Waals surface area (Å²) in [6, 6.07) is 3.31. The van der Waals surface area contributed by atoms with E-state index in [-0.39, 0.29) is 23.7 Å². The molecule has 0 saturated heterocycles. The van der Waals surface area contributed by atoms with E-state index in [0.717, 1.165) is 25.7 Å². The summed E-state index contributed by atoms with van der Waals surface area (Å²) in [6.07, 6.45) is 5.29. The van der Waals surface area contributed by atoms with Crippen LogP contribution in [0.1, 0.15) is 32.1 Å². The molecule has 1 heterocycles. The highest BCUT2D eigenvalue weighted by molar-refractivity contribution is 14.1. The number of nitrogens with one attached hydrogen (secondary N) is 2. The van der Waals surface area contributed by atoms with E-state index in [4.69, 9.17) is 0 Å². The molecular formula is C14H16FIN2O. The van der Waals surface area contributed by atoms with E-state index in [9.17, 15) is 9.18 Å². The van der Waals surface area contributed by atoms with Crippen molar-refractivity contribution >= 4 is 39.9 Å². The lowest BCUT2D eigenvalue weighted by atomic mass is 9.94. The van der Waals surface area contributed by atoms with Crippen LogP contribution in [0.4, 0.5) is 15.8 Å². The molecule has 19 heavy (non-hydrogen) atoms. The predicted molar refractivity (Wildman–Crippen MR) is 81.7 cm³/mol. The molecule has 1 aliphatic carbocycles. The van der Waals surface area contributed by atoms with Crippen molar-refractivity contribution in [3.63, 3.8) is 0 Å². The molecule has 1 amide bonds. The van der Waals surface area contributed by atoms with Gasteiger partial charge in [-0.3, -0.25) is 4.79 Å². The molecule has 3 nitrogen and oxygen atoms in total. The van der Waals surface area contributed by atoms with Crippen LogP contribution in [-0.4, -0.2) is 11.9 Å². The molecule has 1 aliphatic heterocycles. The molecule has 102 valence electrons. The van der Waals surface area contributed by atoms with Gasteiger partial charge >= 0.3 is 0 Å². The molecule has 2 aliphatic rings. The molecule has 0 bridgehead atoms. The summed E-state index contributed by atoms with van der Waals surface area (Å²) < 4.78 is 14.2. The van der Waals surface area contributed by atoms with Gasteiger partial charge in [-0.2, -0.15) is 0 Å². The van der Waals surface area contributed by atoms with Crippen molar-refractivity contribution < 1.29 is 9.18 Å². The summed E-state index contributed by atoms with van der Waals surface area (Å²) in [4.78, 5) is 12.3. The lowest BCUT2D eigenvalue weighted by molar-refractivity contribution is -0.120. The van der Waals surface area contributed by atoms with Crippen molar-refractivity contribution in [2.45, 2.75) is 38.1 Å². The molecule has 2 N–H and O–H groups in total. The molecular weight excluding hydrogens is 358 g/mol. The maximum absolute atomic E-state index is 13.7. The molecule has 0 radical (unpaired) electrons. The number of carbonyl (C=O) groups is 1. The second-order valence-corrected chi connectivity index (χ2v) is 6.46. The molecule has 3 rings (SSSR count). The number of benzene rings is 1. The predicted octanol–water partition coefficient (Wildman–Crippen LogP) is 3.74. The SMILES string of the molecule is O=C1Nc2cc(I)c(F)cc2NC2CCCCCC12. The van der Waals surface area contributed by atoms with Crippen LogP contribution in [0.25, 0.3) is 0 Å². The molecule has 1 fully saturated rings. The molecule has 1 aromatic rings. The van der Waals surface area contributed by atoms with Gasteiger partial charge in [0.05, 0.1) is 20.9 Å². The zero-order valence-electron chi connectivity index (χ0n) is 10.5. The van der Waals surface area contributed by atoms with Gasteiger partial charge in [0.25, 0.3) is 0 Å². The Labute approximate surface area is 125 Å². The molecule has 0 spiro atoms. The third kappa shape index (κ3) is 2.57. The second-order valence-electron chi connectivity index (χ2n) is 5.30. The minimum absolute atomic E-state index is 0.00405. The fourth-order valence-corrected chi connectivity index (χ4v) is 3.46. The van der Waals surface area contributed by atoms with Crippen molar-refractivity contribution in [3.8, 4) is 0 Å².